The van der Waals surface area contributed by atoms with Crippen molar-refractivity contribution >= 4 is 28.3 Å². The maximum Gasteiger partial charge on any atom is 0.253 e. The van der Waals surface area contributed by atoms with Gasteiger partial charge < -0.3 is 14.2 Å². The zero-order valence-corrected chi connectivity index (χ0v) is 19.7. The first-order chi connectivity index (χ1) is 15.6. The molecule has 4 aromatic rings. The second kappa shape index (κ2) is 10.0. The minimum absolute atomic E-state index is 0.0531. The summed E-state index contributed by atoms with van der Waals surface area (Å²) in [5.41, 5.74) is 5.03. The van der Waals surface area contributed by atoms with E-state index >= 15 is 0 Å². The Balaban J connectivity index is 1.71. The zero-order valence-electron chi connectivity index (χ0n) is 18.9. The number of carbonyl (C=O) groups is 1. The lowest BCUT2D eigenvalue weighted by molar-refractivity contribution is 0.0773. The Hall–Kier alpha value is -3.12. The predicted molar refractivity (Wildman–Crippen MR) is 131 cm³/mol. The van der Waals surface area contributed by atoms with Crippen LogP contribution in [0.5, 0.6) is 5.75 Å². The average molecular weight is 448 g/mol. The summed E-state index contributed by atoms with van der Waals surface area (Å²) in [6.07, 6.45) is 0.713. The number of amides is 1. The van der Waals surface area contributed by atoms with Crippen molar-refractivity contribution in [2.24, 2.45) is 0 Å². The molecule has 0 atom stereocenters. The molecule has 0 aliphatic heterocycles. The van der Waals surface area contributed by atoms with Gasteiger partial charge in [0.05, 0.1) is 24.2 Å². The Bertz CT molecular complexity index is 1180. The van der Waals surface area contributed by atoms with Gasteiger partial charge in [-0.05, 0) is 79.1 Å². The minimum atomic E-state index is 0.0531. The third kappa shape index (κ3) is 4.70. The highest BCUT2D eigenvalue weighted by Crippen LogP contribution is 2.24. The summed E-state index contributed by atoms with van der Waals surface area (Å²) in [6, 6.07) is 16.2. The molecule has 0 radical (unpaired) electrons. The van der Waals surface area contributed by atoms with Gasteiger partial charge in [-0.3, -0.25) is 4.79 Å². The fraction of sp³-hybridized carbons (Fsp3) is 0.308. The number of carbonyl (C=O) groups excluding carboxylic acids is 1. The number of hydrogen-bond acceptors (Lipinski definition) is 4. The summed E-state index contributed by atoms with van der Waals surface area (Å²) in [6.45, 7) is 8.81. The third-order valence-electron chi connectivity index (χ3n) is 5.64. The van der Waals surface area contributed by atoms with Gasteiger partial charge in [-0.2, -0.15) is 11.3 Å². The largest absolute Gasteiger partial charge is 0.494 e. The van der Waals surface area contributed by atoms with Gasteiger partial charge in [0, 0.05) is 25.1 Å². The molecule has 6 heteroatoms. The van der Waals surface area contributed by atoms with Crippen LogP contribution in [0, 0.1) is 0 Å². The second-order valence-corrected chi connectivity index (χ2v) is 8.46. The molecule has 0 aliphatic rings. The van der Waals surface area contributed by atoms with Crippen molar-refractivity contribution in [3.63, 3.8) is 0 Å². The van der Waals surface area contributed by atoms with Gasteiger partial charge in [-0.1, -0.05) is 12.1 Å². The summed E-state index contributed by atoms with van der Waals surface area (Å²) in [4.78, 5) is 19.7. The first-order valence-electron chi connectivity index (χ1n) is 11.1. The van der Waals surface area contributed by atoms with Gasteiger partial charge >= 0.3 is 0 Å². The number of thiophene rings is 1. The molecule has 32 heavy (non-hydrogen) atoms. The number of hydrogen-bond donors (Lipinski definition) is 0. The fourth-order valence-corrected chi connectivity index (χ4v) is 4.60. The smallest absolute Gasteiger partial charge is 0.253 e. The van der Waals surface area contributed by atoms with Crippen LogP contribution < -0.4 is 4.74 Å². The van der Waals surface area contributed by atoms with Crippen LogP contribution in [0.2, 0.25) is 0 Å². The normalized spacial score (nSPS) is 11.1. The van der Waals surface area contributed by atoms with Gasteiger partial charge in [-0.25, -0.2) is 4.98 Å². The summed E-state index contributed by atoms with van der Waals surface area (Å²) in [7, 11) is 0. The first-order valence-corrected chi connectivity index (χ1v) is 12.1. The quantitative estimate of drug-likeness (QED) is 0.335. The van der Waals surface area contributed by atoms with Crippen molar-refractivity contribution in [1.82, 2.24) is 14.5 Å². The fourth-order valence-electron chi connectivity index (χ4n) is 3.94. The van der Waals surface area contributed by atoms with E-state index < -0.39 is 0 Å². The monoisotopic (exact) mass is 447 g/mol. The molecule has 2 aromatic carbocycles. The standard InChI is InChI=1S/C26H29N3O2S/c1-4-28(5-2)26(30)21-9-12-24-23(16-21)27-25(29(24)17-20-13-14-32-18-20)15-19-7-10-22(11-8-19)31-6-3/h7-14,16,18H,4-6,15,17H2,1-3H3. The van der Waals surface area contributed by atoms with E-state index in [1.165, 1.54) is 11.1 Å². The topological polar surface area (TPSA) is 47.4 Å². The molecule has 4 rings (SSSR count). The Morgan fingerprint density at radius 3 is 2.47 bits per heavy atom. The van der Waals surface area contributed by atoms with Crippen LogP contribution in [-0.4, -0.2) is 40.1 Å². The molecule has 2 aromatic heterocycles. The van der Waals surface area contributed by atoms with E-state index in [9.17, 15) is 4.79 Å². The van der Waals surface area contributed by atoms with E-state index in [1.807, 2.05) is 56.0 Å². The van der Waals surface area contributed by atoms with Crippen LogP contribution in [0.25, 0.3) is 11.0 Å². The molecule has 5 nitrogen and oxygen atoms in total. The molecule has 166 valence electrons. The number of aromatic nitrogens is 2. The molecule has 0 aliphatic carbocycles. The van der Waals surface area contributed by atoms with Gasteiger partial charge in [0.1, 0.15) is 11.6 Å². The molecular weight excluding hydrogens is 418 g/mol. The lowest BCUT2D eigenvalue weighted by atomic mass is 10.1. The second-order valence-electron chi connectivity index (χ2n) is 7.68. The number of nitrogens with zero attached hydrogens (tertiary/aromatic N) is 3. The van der Waals surface area contributed by atoms with E-state index in [-0.39, 0.29) is 5.91 Å². The lowest BCUT2D eigenvalue weighted by Crippen LogP contribution is -2.30. The summed E-state index contributed by atoms with van der Waals surface area (Å²) >= 11 is 1.70. The number of rotatable bonds is 9. The van der Waals surface area contributed by atoms with E-state index in [2.05, 4.69) is 33.5 Å². The molecule has 0 unspecified atom stereocenters. The molecule has 0 saturated carbocycles. The molecule has 0 saturated heterocycles. The van der Waals surface area contributed by atoms with E-state index in [4.69, 9.17) is 9.72 Å². The van der Waals surface area contributed by atoms with Crippen molar-refractivity contribution in [2.45, 2.75) is 33.7 Å². The minimum Gasteiger partial charge on any atom is -0.494 e. The van der Waals surface area contributed by atoms with Gasteiger partial charge in [0.2, 0.25) is 0 Å². The Morgan fingerprint density at radius 1 is 1.03 bits per heavy atom. The third-order valence-corrected chi connectivity index (χ3v) is 6.37. The average Bonchev–Trinajstić information content (AvgIpc) is 3.44. The van der Waals surface area contributed by atoms with Crippen LogP contribution in [0.4, 0.5) is 0 Å². The van der Waals surface area contributed by atoms with Crippen molar-refractivity contribution in [3.8, 4) is 5.75 Å². The molecule has 1 amide bonds. The van der Waals surface area contributed by atoms with Gasteiger partial charge in [0.15, 0.2) is 0 Å². The lowest BCUT2D eigenvalue weighted by Gasteiger charge is -2.18. The molecular formula is C26H29N3O2S. The maximum atomic E-state index is 12.9. The predicted octanol–water partition coefficient (Wildman–Crippen LogP) is 5.62. The Labute approximate surface area is 193 Å². The number of ether oxygens (including phenoxy) is 1. The highest BCUT2D eigenvalue weighted by molar-refractivity contribution is 7.07. The summed E-state index contributed by atoms with van der Waals surface area (Å²) in [5, 5.41) is 4.27. The SMILES string of the molecule is CCOc1ccc(Cc2nc3cc(C(=O)N(CC)CC)ccc3n2Cc2ccsc2)cc1. The molecule has 0 N–H and O–H groups in total. The van der Waals surface area contributed by atoms with E-state index in [1.54, 1.807) is 11.3 Å². The summed E-state index contributed by atoms with van der Waals surface area (Å²) < 4.78 is 7.83. The zero-order chi connectivity index (χ0) is 22.5. The van der Waals surface area contributed by atoms with Crippen molar-refractivity contribution in [2.75, 3.05) is 19.7 Å². The number of benzene rings is 2. The van der Waals surface area contributed by atoms with Crippen LogP contribution >= 0.6 is 11.3 Å². The first kappa shape index (κ1) is 22.1. The Morgan fingerprint density at radius 2 is 1.81 bits per heavy atom. The van der Waals surface area contributed by atoms with E-state index in [0.29, 0.717) is 31.7 Å². The highest BCUT2D eigenvalue weighted by atomic mass is 32.1. The van der Waals surface area contributed by atoms with E-state index in [0.717, 1.165) is 29.2 Å². The van der Waals surface area contributed by atoms with Crippen molar-refractivity contribution in [3.05, 3.63) is 81.8 Å². The van der Waals surface area contributed by atoms with Crippen LogP contribution in [0.1, 0.15) is 48.1 Å². The number of imidazole rings is 1. The molecule has 0 bridgehead atoms. The van der Waals surface area contributed by atoms with Crippen molar-refractivity contribution < 1.29 is 9.53 Å². The summed E-state index contributed by atoms with van der Waals surface area (Å²) in [5.74, 6) is 1.92. The van der Waals surface area contributed by atoms with Gasteiger partial charge in [-0.15, -0.1) is 0 Å². The van der Waals surface area contributed by atoms with Gasteiger partial charge in [0.25, 0.3) is 5.91 Å². The van der Waals surface area contributed by atoms with Crippen LogP contribution in [-0.2, 0) is 13.0 Å². The van der Waals surface area contributed by atoms with Crippen LogP contribution in [0.3, 0.4) is 0 Å². The van der Waals surface area contributed by atoms with Crippen molar-refractivity contribution in [1.29, 1.82) is 0 Å². The highest BCUT2D eigenvalue weighted by Gasteiger charge is 2.17. The molecule has 2 heterocycles. The van der Waals surface area contributed by atoms with Crippen LogP contribution in [0.15, 0.2) is 59.3 Å². The number of fused-ring (bicyclic) bond motifs is 1. The molecule has 0 fully saturated rings. The maximum absolute atomic E-state index is 12.9. The molecule has 0 spiro atoms. The Kier molecular flexibility index (Phi) is 6.90.